The van der Waals surface area contributed by atoms with Gasteiger partial charge in [-0.1, -0.05) is 0 Å². The van der Waals surface area contributed by atoms with Gasteiger partial charge < -0.3 is 9.90 Å². The molecule has 0 atom stereocenters. The van der Waals surface area contributed by atoms with Gasteiger partial charge in [0.15, 0.2) is 0 Å². The molecule has 0 aliphatic heterocycles. The molecule has 2 nitrogen and oxygen atoms in total. The second kappa shape index (κ2) is 4.47. The molecule has 0 heterocycles. The predicted octanol–water partition coefficient (Wildman–Crippen LogP) is -4.24. The average Bonchev–Trinajstić information content (AvgIpc) is 0.811. The molecule has 0 aromatic rings. The summed E-state index contributed by atoms with van der Waals surface area (Å²) in [5, 5.41) is 8.89. The summed E-state index contributed by atoms with van der Waals surface area (Å²) in [6.07, 6.45) is 0. The van der Waals surface area contributed by atoms with E-state index in [9.17, 15) is 0 Å². The first kappa shape index (κ1) is 9.08. The van der Waals surface area contributed by atoms with Crippen LogP contribution in [-0.2, 0) is 4.79 Å². The summed E-state index contributed by atoms with van der Waals surface area (Å²) in [7, 11) is 0. The van der Waals surface area contributed by atoms with Crippen LogP contribution >= 0.6 is 0 Å². The molecule has 0 rings (SSSR count). The fraction of sp³-hybridized carbons (Fsp3) is 0.500. The molecule has 5 heavy (non-hydrogen) atoms. The summed E-state index contributed by atoms with van der Waals surface area (Å²) < 4.78 is 0. The number of carboxylic acids is 1. The zero-order valence-corrected chi connectivity index (χ0v) is 5.32. The smallest absolute Gasteiger partial charge is 0.550 e. The molecule has 0 amide bonds. The fourth-order valence-corrected chi connectivity index (χ4v) is 0. The number of carbonyl (C=O) groups is 1. The maximum Gasteiger partial charge on any atom is 1.00 e. The summed E-state index contributed by atoms with van der Waals surface area (Å²) in [6.45, 7) is 0.972. The molecule has 0 aliphatic carbocycles. The van der Waals surface area contributed by atoms with Crippen molar-refractivity contribution in [2.45, 2.75) is 6.92 Å². The van der Waals surface area contributed by atoms with E-state index in [1.54, 1.807) is 0 Å². The van der Waals surface area contributed by atoms with Crippen LogP contribution in [0.1, 0.15) is 6.92 Å². The van der Waals surface area contributed by atoms with Gasteiger partial charge in [-0.3, -0.25) is 0 Å². The molecule has 0 aliphatic rings. The van der Waals surface area contributed by atoms with Crippen molar-refractivity contribution in [2.24, 2.45) is 0 Å². The maximum absolute atomic E-state index is 8.89. The van der Waals surface area contributed by atoms with Gasteiger partial charge >= 0.3 is 29.6 Å². The maximum atomic E-state index is 8.89. The zero-order valence-electron chi connectivity index (χ0n) is 3.32. The van der Waals surface area contributed by atoms with Crippen LogP contribution in [0.5, 0.6) is 0 Å². The third kappa shape index (κ3) is 123. The minimum absolute atomic E-state index is 0. The molecule has 0 radical (unpaired) electrons. The van der Waals surface area contributed by atoms with Crippen molar-refractivity contribution in [1.29, 1.82) is 0 Å². The molecule has 0 saturated carbocycles. The normalized spacial score (nSPS) is 5.00. The largest absolute Gasteiger partial charge is 1.00 e. The Morgan fingerprint density at radius 1 is 1.80 bits per heavy atom. The van der Waals surface area contributed by atoms with Gasteiger partial charge in [0.05, 0.1) is 0 Å². The molecule has 0 spiro atoms. The topological polar surface area (TPSA) is 40.1 Å². The number of hydrogen-bond acceptors (Lipinski definition) is 2. The van der Waals surface area contributed by atoms with Crippen molar-refractivity contribution < 1.29 is 39.5 Å². The van der Waals surface area contributed by atoms with Gasteiger partial charge in [-0.05, 0) is 6.92 Å². The van der Waals surface area contributed by atoms with Crippen molar-refractivity contribution >= 4 is 5.97 Å². The van der Waals surface area contributed by atoms with Crippen molar-refractivity contribution in [3.63, 3.8) is 0 Å². The Balaban J connectivity index is 0. The molecule has 0 unspecified atom stereocenters. The second-order valence-corrected chi connectivity index (χ2v) is 0.492. The number of hydrogen-bond donors (Lipinski definition) is 0. The first-order valence-corrected chi connectivity index (χ1v) is 0.908. The number of rotatable bonds is 0. The fourth-order valence-electron chi connectivity index (χ4n) is 0. The first-order valence-electron chi connectivity index (χ1n) is 0.908. The van der Waals surface area contributed by atoms with Gasteiger partial charge in [-0.25, -0.2) is 0 Å². The zero-order chi connectivity index (χ0) is 3.58. The molecule has 0 bridgehead atoms. The van der Waals surface area contributed by atoms with Crippen LogP contribution < -0.4 is 34.7 Å². The molecule has 0 N–H and O–H groups in total. The van der Waals surface area contributed by atoms with Crippen LogP contribution in [0.3, 0.4) is 0 Å². The van der Waals surface area contributed by atoms with Crippen molar-refractivity contribution in [3.8, 4) is 0 Å². The third-order valence-corrected chi connectivity index (χ3v) is 0. The standard InChI is InChI=1S/C2H4O2.Na/c1-2(3)4;/h1H3,(H,3,4);/q;+1/p-1/i3+2,4+2;. The predicted molar refractivity (Wildman–Crippen MR) is 10.7 cm³/mol. The second-order valence-electron chi connectivity index (χ2n) is 0.492. The Hall–Kier alpha value is 0.470. The van der Waals surface area contributed by atoms with Crippen molar-refractivity contribution in [1.82, 2.24) is 0 Å². The Labute approximate surface area is 52.5 Å². The quantitative estimate of drug-likeness (QED) is 0.221. The van der Waals surface area contributed by atoms with Gasteiger partial charge in [0.25, 0.3) is 0 Å². The van der Waals surface area contributed by atoms with E-state index < -0.39 is 5.97 Å². The van der Waals surface area contributed by atoms with E-state index in [1.807, 2.05) is 0 Å². The third-order valence-electron chi connectivity index (χ3n) is 0. The van der Waals surface area contributed by atoms with Gasteiger partial charge in [0.1, 0.15) is 0 Å². The molecule has 0 aromatic heterocycles. The van der Waals surface area contributed by atoms with Gasteiger partial charge in [0, 0.05) is 5.97 Å². The van der Waals surface area contributed by atoms with E-state index in [1.165, 1.54) is 0 Å². The van der Waals surface area contributed by atoms with Gasteiger partial charge in [0.2, 0.25) is 0 Å². The summed E-state index contributed by atoms with van der Waals surface area (Å²) in [6, 6.07) is 0. The van der Waals surface area contributed by atoms with E-state index >= 15 is 0 Å². The van der Waals surface area contributed by atoms with Crippen LogP contribution in [0.2, 0.25) is 0 Å². The van der Waals surface area contributed by atoms with Crippen LogP contribution in [-0.4, -0.2) is 5.97 Å². The minimum atomic E-state index is -1.08. The van der Waals surface area contributed by atoms with Crippen molar-refractivity contribution in [3.05, 3.63) is 0 Å². The Morgan fingerprint density at radius 3 is 1.80 bits per heavy atom. The molecule has 24 valence electrons. The molecular weight excluding hydrogens is 83.0 g/mol. The first-order chi connectivity index (χ1) is 1.73. The minimum Gasteiger partial charge on any atom is -0.550 e. The van der Waals surface area contributed by atoms with E-state index in [0.29, 0.717) is 0 Å². The van der Waals surface area contributed by atoms with Crippen LogP contribution in [0.4, 0.5) is 0 Å². The van der Waals surface area contributed by atoms with E-state index in [4.69, 9.17) is 9.90 Å². The van der Waals surface area contributed by atoms with E-state index in [0.717, 1.165) is 6.92 Å². The summed E-state index contributed by atoms with van der Waals surface area (Å²) in [5.74, 6) is -1.08. The Morgan fingerprint density at radius 2 is 1.80 bits per heavy atom. The Kier molecular flexibility index (Phi) is 8.11. The molecular formula is C2H3NaO2. The molecule has 0 aromatic carbocycles. The molecule has 3 heteroatoms. The van der Waals surface area contributed by atoms with Crippen molar-refractivity contribution in [2.75, 3.05) is 0 Å². The number of aliphatic carboxylic acids is 1. The summed E-state index contributed by atoms with van der Waals surface area (Å²) >= 11 is 0. The van der Waals surface area contributed by atoms with Gasteiger partial charge in [-0.15, -0.1) is 0 Å². The SMILES string of the molecule is CC(=[18O])[18O-].[Na+]. The monoisotopic (exact) mass is 86.0 g/mol. The van der Waals surface area contributed by atoms with Crippen LogP contribution in [0, 0.1) is 0 Å². The van der Waals surface area contributed by atoms with E-state index in [-0.39, 0.29) is 29.6 Å². The van der Waals surface area contributed by atoms with Crippen LogP contribution in [0.15, 0.2) is 0 Å². The summed E-state index contributed by atoms with van der Waals surface area (Å²) in [5.41, 5.74) is 0. The molecule has 0 fully saturated rings. The van der Waals surface area contributed by atoms with Gasteiger partial charge in [-0.2, -0.15) is 0 Å². The average molecular weight is 86.0 g/mol. The van der Waals surface area contributed by atoms with E-state index in [2.05, 4.69) is 0 Å². The number of carbonyl (C=O) groups excluding carboxylic acids is 1. The molecule has 0 saturated heterocycles. The summed E-state index contributed by atoms with van der Waals surface area (Å²) in [4.78, 5) is 8.89. The van der Waals surface area contributed by atoms with Crippen LogP contribution in [0.25, 0.3) is 0 Å². The Bertz CT molecular complexity index is 30.6. The number of carboxylic acid groups (broad SMARTS) is 1.